The molecule has 0 heterocycles. The fourth-order valence-corrected chi connectivity index (χ4v) is 5.45. The van der Waals surface area contributed by atoms with E-state index >= 15 is 0 Å². The fourth-order valence-electron chi connectivity index (χ4n) is 4.17. The molecular weight excluding hydrogens is 520 g/mol. The van der Waals surface area contributed by atoms with Gasteiger partial charge in [0.2, 0.25) is 0 Å². The lowest BCUT2D eigenvalue weighted by atomic mass is 9.98. The van der Waals surface area contributed by atoms with Crippen molar-refractivity contribution in [2.75, 3.05) is 32.6 Å². The molecular formula is C29H32N2O7S. The quantitative estimate of drug-likeness (QED) is 0.257. The number of nitrogens with one attached hydrogen (secondary N) is 2. The summed E-state index contributed by atoms with van der Waals surface area (Å²) in [5, 5.41) is 4.46. The number of ether oxygens (including phenoxy) is 3. The summed E-state index contributed by atoms with van der Waals surface area (Å²) in [6, 6.07) is 14.5. The van der Waals surface area contributed by atoms with Crippen molar-refractivity contribution in [1.29, 1.82) is 0 Å². The number of sulfonamides is 1. The van der Waals surface area contributed by atoms with Gasteiger partial charge in [-0.25, -0.2) is 8.42 Å². The molecule has 10 heteroatoms. The lowest BCUT2D eigenvalue weighted by Gasteiger charge is -2.20. The lowest BCUT2D eigenvalue weighted by Crippen LogP contribution is -2.27. The van der Waals surface area contributed by atoms with Crippen LogP contribution in [0.3, 0.4) is 0 Å². The van der Waals surface area contributed by atoms with Gasteiger partial charge in [0, 0.05) is 11.8 Å². The number of fused-ring (bicyclic) bond motifs is 1. The molecule has 9 nitrogen and oxygen atoms in total. The van der Waals surface area contributed by atoms with Crippen LogP contribution >= 0.6 is 0 Å². The van der Waals surface area contributed by atoms with E-state index in [0.29, 0.717) is 22.9 Å². The Bertz CT molecular complexity index is 1500. The van der Waals surface area contributed by atoms with Crippen molar-refractivity contribution in [1.82, 2.24) is 5.32 Å². The molecule has 2 N–H and O–H groups in total. The zero-order valence-corrected chi connectivity index (χ0v) is 23.1. The van der Waals surface area contributed by atoms with Gasteiger partial charge in [0.05, 0.1) is 44.4 Å². The number of carbonyl (C=O) groups excluding carboxylic acids is 2. The third kappa shape index (κ3) is 7.28. The molecule has 0 saturated carbocycles. The van der Waals surface area contributed by atoms with Gasteiger partial charge in [-0.15, -0.1) is 6.42 Å². The Hall–Kier alpha value is -4.07. The van der Waals surface area contributed by atoms with Crippen molar-refractivity contribution in [2.45, 2.75) is 30.7 Å². The smallest absolute Gasteiger partial charge is 0.309 e. The van der Waals surface area contributed by atoms with Gasteiger partial charge in [0.25, 0.3) is 10.0 Å². The van der Waals surface area contributed by atoms with E-state index in [2.05, 4.69) is 16.0 Å². The van der Waals surface area contributed by atoms with Crippen LogP contribution < -0.4 is 14.8 Å². The van der Waals surface area contributed by atoms with E-state index in [4.69, 9.17) is 20.6 Å². The molecule has 0 unspecified atom stereocenters. The van der Waals surface area contributed by atoms with E-state index in [9.17, 15) is 18.0 Å². The highest BCUT2D eigenvalue weighted by atomic mass is 32.2. The average Bonchev–Trinajstić information content (AvgIpc) is 2.93. The number of benzene rings is 3. The third-order valence-electron chi connectivity index (χ3n) is 6.18. The number of methoxy groups -OCH3 is 3. The van der Waals surface area contributed by atoms with Crippen LogP contribution in [-0.4, -0.2) is 48.2 Å². The van der Waals surface area contributed by atoms with E-state index in [1.54, 1.807) is 36.4 Å². The van der Waals surface area contributed by atoms with Crippen molar-refractivity contribution in [3.63, 3.8) is 0 Å². The molecule has 206 valence electrons. The van der Waals surface area contributed by atoms with Crippen molar-refractivity contribution >= 4 is 38.4 Å². The summed E-state index contributed by atoms with van der Waals surface area (Å²) >= 11 is 0. The van der Waals surface area contributed by atoms with Crippen LogP contribution in [0, 0.1) is 18.3 Å². The van der Waals surface area contributed by atoms with Gasteiger partial charge < -0.3 is 14.2 Å². The van der Waals surface area contributed by atoms with E-state index in [-0.39, 0.29) is 41.1 Å². The molecule has 3 aromatic carbocycles. The van der Waals surface area contributed by atoms with Gasteiger partial charge in [-0.1, -0.05) is 49.2 Å². The summed E-state index contributed by atoms with van der Waals surface area (Å²) in [6.45, 7) is 2.37. The minimum Gasteiger partial charge on any atom is -0.495 e. The Morgan fingerprint density at radius 2 is 1.67 bits per heavy atom. The molecule has 2 atom stereocenters. The van der Waals surface area contributed by atoms with Crippen LogP contribution in [0.15, 0.2) is 59.5 Å². The number of hydrogen-bond donors (Lipinski definition) is 2. The first kappa shape index (κ1) is 29.5. The first-order valence-electron chi connectivity index (χ1n) is 12.2. The lowest BCUT2D eigenvalue weighted by molar-refractivity contribution is -0.141. The number of carbonyl (C=O) groups is 2. The van der Waals surface area contributed by atoms with Crippen molar-refractivity contribution in [3.8, 4) is 18.1 Å². The summed E-state index contributed by atoms with van der Waals surface area (Å²) < 4.78 is 44.5. The number of esters is 2. The molecule has 0 aromatic heterocycles. The number of anilines is 1. The summed E-state index contributed by atoms with van der Waals surface area (Å²) in [6.07, 6.45) is 6.11. The average molecular weight is 553 g/mol. The van der Waals surface area contributed by atoms with Gasteiger partial charge in [0.15, 0.2) is 0 Å². The van der Waals surface area contributed by atoms with Gasteiger partial charge >= 0.3 is 11.9 Å². The molecule has 0 radical (unpaired) electrons. The normalized spacial score (nSPS) is 12.7. The highest BCUT2D eigenvalue weighted by Crippen LogP contribution is 2.33. The zero-order chi connectivity index (χ0) is 28.6. The maximum absolute atomic E-state index is 13.5. The molecule has 0 saturated heterocycles. The first-order valence-corrected chi connectivity index (χ1v) is 13.7. The molecule has 0 amide bonds. The Labute approximate surface area is 228 Å². The predicted molar refractivity (Wildman–Crippen MR) is 149 cm³/mol. The van der Waals surface area contributed by atoms with Gasteiger partial charge in [-0.2, -0.15) is 0 Å². The number of rotatable bonds is 12. The van der Waals surface area contributed by atoms with E-state index in [1.165, 1.54) is 27.4 Å². The Morgan fingerprint density at radius 1 is 0.974 bits per heavy atom. The van der Waals surface area contributed by atoms with E-state index in [1.807, 2.05) is 19.1 Å². The van der Waals surface area contributed by atoms with Crippen LogP contribution in [0.1, 0.15) is 30.5 Å². The van der Waals surface area contributed by atoms with Crippen LogP contribution in [0.4, 0.5) is 5.69 Å². The summed E-state index contributed by atoms with van der Waals surface area (Å²) in [5.41, 5.74) is 1.58. The molecule has 39 heavy (non-hydrogen) atoms. The van der Waals surface area contributed by atoms with Crippen molar-refractivity contribution in [2.24, 2.45) is 5.92 Å². The van der Waals surface area contributed by atoms with Gasteiger partial charge in [-0.05, 0) is 47.2 Å². The van der Waals surface area contributed by atoms with Crippen molar-refractivity contribution in [3.05, 3.63) is 65.7 Å². The second kappa shape index (κ2) is 13.1. The summed E-state index contributed by atoms with van der Waals surface area (Å²) in [7, 11) is 0.00914. The first-order chi connectivity index (χ1) is 18.6. The van der Waals surface area contributed by atoms with Crippen LogP contribution in [0.25, 0.3) is 10.8 Å². The topological polar surface area (TPSA) is 120 Å². The van der Waals surface area contributed by atoms with Gasteiger partial charge in [0.1, 0.15) is 5.75 Å². The molecule has 0 aliphatic carbocycles. The Balaban J connectivity index is 1.92. The number of terminal acetylenes is 1. The molecule has 0 bridgehead atoms. The second-order valence-electron chi connectivity index (χ2n) is 8.98. The van der Waals surface area contributed by atoms with E-state index in [0.717, 1.165) is 5.56 Å². The highest BCUT2D eigenvalue weighted by Gasteiger charge is 2.23. The van der Waals surface area contributed by atoms with Crippen LogP contribution in [0.5, 0.6) is 5.75 Å². The van der Waals surface area contributed by atoms with Crippen LogP contribution in [0.2, 0.25) is 0 Å². The zero-order valence-electron chi connectivity index (χ0n) is 22.3. The molecule has 0 fully saturated rings. The molecule has 3 aromatic rings. The fraction of sp³-hybridized carbons (Fsp3) is 0.310. The molecule has 0 aliphatic rings. The summed E-state index contributed by atoms with van der Waals surface area (Å²) in [5.74, 6) is 2.25. The van der Waals surface area contributed by atoms with Crippen LogP contribution in [-0.2, 0) is 35.5 Å². The maximum atomic E-state index is 13.5. The molecule has 3 rings (SSSR count). The highest BCUT2D eigenvalue weighted by molar-refractivity contribution is 7.93. The maximum Gasteiger partial charge on any atom is 0.309 e. The SMILES string of the molecule is C#C[C@H](NC[C@@H](C)CC(=O)OC)c1ccc(S(=O)(=O)Nc2ccc(CC(=O)OC)cc2OC)c2ccccc12. The number of hydrogen-bond acceptors (Lipinski definition) is 8. The molecule has 0 spiro atoms. The summed E-state index contributed by atoms with van der Waals surface area (Å²) in [4.78, 5) is 23.3. The third-order valence-corrected chi connectivity index (χ3v) is 7.61. The largest absolute Gasteiger partial charge is 0.495 e. The minimum atomic E-state index is -4.05. The van der Waals surface area contributed by atoms with Gasteiger partial charge in [-0.3, -0.25) is 19.6 Å². The van der Waals surface area contributed by atoms with E-state index < -0.39 is 22.0 Å². The standard InChI is InChI=1S/C29H32N2O7S/c1-6-24(30-18-19(2)15-28(32)37-4)22-12-14-27(23-10-8-7-9-21(22)23)39(34,35)31-25-13-11-20(16-26(25)36-3)17-29(33)38-5/h1,7-14,16,19,24,30-31H,15,17-18H2,2-5H3/t19-,24-/m0/s1. The monoisotopic (exact) mass is 552 g/mol. The second-order valence-corrected chi connectivity index (χ2v) is 10.6. The Morgan fingerprint density at radius 3 is 2.31 bits per heavy atom. The van der Waals surface area contributed by atoms with Crippen molar-refractivity contribution < 1.29 is 32.2 Å². The minimum absolute atomic E-state index is 0.0163. The predicted octanol–water partition coefficient (Wildman–Crippen LogP) is 3.83. The Kier molecular flexibility index (Phi) is 9.93. The molecule has 0 aliphatic heterocycles.